The number of ether oxygens (including phenoxy) is 1. The van der Waals surface area contributed by atoms with E-state index < -0.39 is 0 Å². The number of fused-ring (bicyclic) bond motifs is 1. The van der Waals surface area contributed by atoms with Gasteiger partial charge < -0.3 is 9.84 Å². The molecule has 2 heteroatoms. The summed E-state index contributed by atoms with van der Waals surface area (Å²) in [6.07, 6.45) is 6.92. The zero-order chi connectivity index (χ0) is 13.8. The van der Waals surface area contributed by atoms with E-state index in [1.54, 1.807) is 6.07 Å². The first-order valence-electron chi connectivity index (χ1n) is 7.03. The van der Waals surface area contributed by atoms with Gasteiger partial charge in [-0.1, -0.05) is 42.5 Å². The van der Waals surface area contributed by atoms with Gasteiger partial charge in [-0.15, -0.1) is 0 Å². The number of rotatable bonds is 3. The minimum atomic E-state index is 0.368. The number of phenols is 1. The van der Waals surface area contributed by atoms with Gasteiger partial charge in [-0.05, 0) is 37.0 Å². The van der Waals surface area contributed by atoms with E-state index in [4.69, 9.17) is 4.74 Å². The van der Waals surface area contributed by atoms with Crippen LogP contribution in [0.5, 0.6) is 11.5 Å². The summed E-state index contributed by atoms with van der Waals surface area (Å²) in [6.45, 7) is 0.775. The van der Waals surface area contributed by atoms with Gasteiger partial charge in [0.25, 0.3) is 0 Å². The molecule has 0 unspecified atom stereocenters. The zero-order valence-corrected chi connectivity index (χ0v) is 11.4. The van der Waals surface area contributed by atoms with Crippen molar-refractivity contribution in [2.45, 2.75) is 19.3 Å². The third-order valence-electron chi connectivity index (χ3n) is 3.62. The fraction of sp³-hybridized carbons (Fsp3) is 0.222. The average molecular weight is 266 g/mol. The minimum Gasteiger partial charge on any atom is -0.508 e. The Bertz CT molecular complexity index is 615. The standard InChI is InChI=1S/C18H18O2/c19-17-11-12-18-16(10-5-13-20-18)15(17)9-4-8-14-6-2-1-3-7-14/h1-4,6-8,11-12,19H,5,9-10,13H2/b8-4+. The van der Waals surface area contributed by atoms with Crippen molar-refractivity contribution in [2.24, 2.45) is 0 Å². The highest BCUT2D eigenvalue weighted by atomic mass is 16.5. The van der Waals surface area contributed by atoms with Crippen LogP contribution in [0.25, 0.3) is 6.08 Å². The maximum Gasteiger partial charge on any atom is 0.123 e. The molecule has 0 aromatic heterocycles. The van der Waals surface area contributed by atoms with Crippen molar-refractivity contribution >= 4 is 6.08 Å². The summed E-state index contributed by atoms with van der Waals surface area (Å²) >= 11 is 0. The van der Waals surface area contributed by atoms with E-state index in [1.165, 1.54) is 5.56 Å². The Morgan fingerprint density at radius 3 is 2.80 bits per heavy atom. The van der Waals surface area contributed by atoms with Crippen molar-refractivity contribution in [1.29, 1.82) is 0 Å². The second-order valence-electron chi connectivity index (χ2n) is 5.01. The summed E-state index contributed by atoms with van der Waals surface area (Å²) in [6, 6.07) is 13.8. The molecule has 3 rings (SSSR count). The molecule has 1 N–H and O–H groups in total. The van der Waals surface area contributed by atoms with Crippen molar-refractivity contribution in [3.63, 3.8) is 0 Å². The van der Waals surface area contributed by atoms with Gasteiger partial charge >= 0.3 is 0 Å². The number of benzene rings is 2. The largest absolute Gasteiger partial charge is 0.508 e. The molecule has 0 saturated carbocycles. The van der Waals surface area contributed by atoms with Crippen LogP contribution in [-0.2, 0) is 12.8 Å². The Hall–Kier alpha value is -2.22. The maximum absolute atomic E-state index is 10.1. The molecule has 2 nitrogen and oxygen atoms in total. The summed E-state index contributed by atoms with van der Waals surface area (Å²) in [5.74, 6) is 1.30. The monoisotopic (exact) mass is 266 g/mol. The van der Waals surface area contributed by atoms with Gasteiger partial charge in [-0.3, -0.25) is 0 Å². The van der Waals surface area contributed by atoms with E-state index in [2.05, 4.69) is 24.3 Å². The smallest absolute Gasteiger partial charge is 0.123 e. The van der Waals surface area contributed by atoms with Crippen LogP contribution in [0, 0.1) is 0 Å². The molecule has 1 heterocycles. The highest BCUT2D eigenvalue weighted by molar-refractivity contribution is 5.53. The lowest BCUT2D eigenvalue weighted by atomic mass is 9.96. The first-order valence-corrected chi connectivity index (χ1v) is 7.03. The van der Waals surface area contributed by atoms with Crippen LogP contribution in [0.3, 0.4) is 0 Å². The van der Waals surface area contributed by atoms with Gasteiger partial charge in [0.2, 0.25) is 0 Å². The number of hydrogen-bond acceptors (Lipinski definition) is 2. The lowest BCUT2D eigenvalue weighted by Crippen LogP contribution is -2.10. The molecule has 1 aliphatic heterocycles. The van der Waals surface area contributed by atoms with Crippen molar-refractivity contribution in [2.75, 3.05) is 6.61 Å². The van der Waals surface area contributed by atoms with Crippen molar-refractivity contribution < 1.29 is 9.84 Å². The molecule has 0 amide bonds. The summed E-state index contributed by atoms with van der Waals surface area (Å²) < 4.78 is 5.65. The summed E-state index contributed by atoms with van der Waals surface area (Å²) in [7, 11) is 0. The Morgan fingerprint density at radius 2 is 1.95 bits per heavy atom. The van der Waals surface area contributed by atoms with Gasteiger partial charge in [-0.25, -0.2) is 0 Å². The SMILES string of the molecule is Oc1ccc2c(c1C/C=C/c1ccccc1)CCCO2. The van der Waals surface area contributed by atoms with E-state index in [9.17, 15) is 5.11 Å². The predicted octanol–water partition coefficient (Wildman–Crippen LogP) is 3.97. The Morgan fingerprint density at radius 1 is 1.10 bits per heavy atom. The van der Waals surface area contributed by atoms with Crippen LogP contribution >= 0.6 is 0 Å². The van der Waals surface area contributed by atoms with E-state index >= 15 is 0 Å². The Labute approximate surface area is 119 Å². The lowest BCUT2D eigenvalue weighted by Gasteiger charge is -2.20. The van der Waals surface area contributed by atoms with E-state index in [-0.39, 0.29) is 0 Å². The van der Waals surface area contributed by atoms with Gasteiger partial charge in [0, 0.05) is 11.1 Å². The van der Waals surface area contributed by atoms with Crippen LogP contribution < -0.4 is 4.74 Å². The first-order chi connectivity index (χ1) is 9.84. The second-order valence-corrected chi connectivity index (χ2v) is 5.01. The molecule has 0 bridgehead atoms. The summed E-state index contributed by atoms with van der Waals surface area (Å²) in [5, 5.41) is 10.1. The first kappa shape index (κ1) is 12.8. The molecule has 0 radical (unpaired) electrons. The number of aromatic hydroxyl groups is 1. The normalized spacial score (nSPS) is 14.0. The van der Waals surface area contributed by atoms with Crippen LogP contribution in [0.1, 0.15) is 23.1 Å². The minimum absolute atomic E-state index is 0.368. The molecular weight excluding hydrogens is 248 g/mol. The molecule has 0 spiro atoms. The Kier molecular flexibility index (Phi) is 3.73. The fourth-order valence-corrected chi connectivity index (χ4v) is 2.60. The van der Waals surface area contributed by atoms with E-state index in [0.29, 0.717) is 5.75 Å². The van der Waals surface area contributed by atoms with E-state index in [0.717, 1.165) is 42.7 Å². The van der Waals surface area contributed by atoms with Gasteiger partial charge in [0.05, 0.1) is 6.61 Å². The Balaban J connectivity index is 1.82. The molecule has 0 fully saturated rings. The third kappa shape index (κ3) is 2.69. The number of allylic oxidation sites excluding steroid dienone is 1. The highest BCUT2D eigenvalue weighted by Gasteiger charge is 2.16. The molecule has 102 valence electrons. The van der Waals surface area contributed by atoms with Crippen LogP contribution in [0.2, 0.25) is 0 Å². The molecule has 2 aromatic rings. The van der Waals surface area contributed by atoms with Gasteiger partial charge in [0.15, 0.2) is 0 Å². The van der Waals surface area contributed by atoms with Crippen LogP contribution in [-0.4, -0.2) is 11.7 Å². The molecule has 2 aromatic carbocycles. The molecule has 20 heavy (non-hydrogen) atoms. The van der Waals surface area contributed by atoms with Crippen LogP contribution in [0.15, 0.2) is 48.5 Å². The number of hydrogen-bond donors (Lipinski definition) is 1. The summed E-state index contributed by atoms with van der Waals surface area (Å²) in [5.41, 5.74) is 3.33. The lowest BCUT2D eigenvalue weighted by molar-refractivity contribution is 0.286. The average Bonchev–Trinajstić information content (AvgIpc) is 2.50. The molecule has 0 saturated heterocycles. The molecule has 1 aliphatic rings. The van der Waals surface area contributed by atoms with Crippen LogP contribution in [0.4, 0.5) is 0 Å². The van der Waals surface area contributed by atoms with Gasteiger partial charge in [0.1, 0.15) is 11.5 Å². The van der Waals surface area contributed by atoms with Gasteiger partial charge in [-0.2, -0.15) is 0 Å². The molecular formula is C18H18O2. The summed E-state index contributed by atoms with van der Waals surface area (Å²) in [4.78, 5) is 0. The topological polar surface area (TPSA) is 29.5 Å². The second kappa shape index (κ2) is 5.83. The molecule has 0 atom stereocenters. The highest BCUT2D eigenvalue weighted by Crippen LogP contribution is 2.34. The molecule has 0 aliphatic carbocycles. The number of phenolic OH excluding ortho intramolecular Hbond substituents is 1. The van der Waals surface area contributed by atoms with Crippen molar-refractivity contribution in [3.8, 4) is 11.5 Å². The third-order valence-corrected chi connectivity index (χ3v) is 3.62. The predicted molar refractivity (Wildman–Crippen MR) is 81.1 cm³/mol. The van der Waals surface area contributed by atoms with Crippen molar-refractivity contribution in [1.82, 2.24) is 0 Å². The zero-order valence-electron chi connectivity index (χ0n) is 11.4. The maximum atomic E-state index is 10.1. The van der Waals surface area contributed by atoms with Crippen molar-refractivity contribution in [3.05, 3.63) is 65.2 Å². The van der Waals surface area contributed by atoms with E-state index in [1.807, 2.05) is 24.3 Å². The quantitative estimate of drug-likeness (QED) is 0.910. The fourth-order valence-electron chi connectivity index (χ4n) is 2.60.